The first-order valence-corrected chi connectivity index (χ1v) is 9.36. The molecule has 0 amide bonds. The van der Waals surface area contributed by atoms with Crippen LogP contribution in [0, 0.1) is 16.7 Å². The van der Waals surface area contributed by atoms with Crippen LogP contribution < -0.4 is 9.47 Å². The van der Waals surface area contributed by atoms with Crippen LogP contribution in [0.4, 0.5) is 0 Å². The maximum absolute atomic E-state index is 12.7. The van der Waals surface area contributed by atoms with Gasteiger partial charge >= 0.3 is 0 Å². The molecule has 4 aliphatic rings. The number of rotatable bonds is 4. The quantitative estimate of drug-likeness (QED) is 0.830. The Balaban J connectivity index is 1.80. The summed E-state index contributed by atoms with van der Waals surface area (Å²) in [5.74, 6) is 1.72. The Labute approximate surface area is 154 Å². The Bertz CT molecular complexity index is 766. The standard InChI is InChI=1S/C21H28O5/c1-19(2)14-11-21(19)13(10-15(14)22)18-16(23)8-12(25-7-6-24-5)9-17(18)26-20(21,3)4/h8-9,13-14,23H,6-7,10-11H2,1-5H3/t13-,14?,21-/m0/s1. The summed E-state index contributed by atoms with van der Waals surface area (Å²) in [5, 5.41) is 10.8. The summed E-state index contributed by atoms with van der Waals surface area (Å²) in [6, 6.07) is 3.47. The van der Waals surface area contributed by atoms with Gasteiger partial charge in [0.15, 0.2) is 0 Å². The van der Waals surface area contributed by atoms with Gasteiger partial charge in [-0.2, -0.15) is 0 Å². The van der Waals surface area contributed by atoms with E-state index in [0.29, 0.717) is 36.9 Å². The zero-order chi connectivity index (χ0) is 18.9. The Kier molecular flexibility index (Phi) is 3.65. The minimum absolute atomic E-state index is 0.0261. The largest absolute Gasteiger partial charge is 0.507 e. The third kappa shape index (κ3) is 1.98. The number of aromatic hydroxyl groups is 1. The highest BCUT2D eigenvalue weighted by Crippen LogP contribution is 2.78. The van der Waals surface area contributed by atoms with Gasteiger partial charge in [0.1, 0.15) is 35.2 Å². The highest BCUT2D eigenvalue weighted by molar-refractivity contribution is 5.87. The fourth-order valence-electron chi connectivity index (χ4n) is 6.15. The molecule has 26 heavy (non-hydrogen) atoms. The SMILES string of the molecule is COCCOc1cc(O)c2c(c1)OC(C)(C)[C@@]13CC(C(=O)C[C@@H]21)C3(C)C. The number of phenolic OH excluding ortho intramolecular Hbond substituents is 1. The van der Waals surface area contributed by atoms with Crippen LogP contribution in [0.15, 0.2) is 12.1 Å². The normalized spacial score (nSPS) is 32.7. The van der Waals surface area contributed by atoms with Crippen molar-refractivity contribution in [2.45, 2.75) is 52.1 Å². The fraction of sp³-hybridized carbons (Fsp3) is 0.667. The van der Waals surface area contributed by atoms with Crippen LogP contribution in [0.2, 0.25) is 0 Å². The first-order chi connectivity index (χ1) is 12.2. The summed E-state index contributed by atoms with van der Waals surface area (Å²) in [6.07, 6.45) is 1.31. The van der Waals surface area contributed by atoms with Gasteiger partial charge in [0.25, 0.3) is 0 Å². The van der Waals surface area contributed by atoms with Crippen molar-refractivity contribution in [3.8, 4) is 17.2 Å². The Morgan fingerprint density at radius 2 is 1.92 bits per heavy atom. The molecule has 1 aliphatic heterocycles. The average molecular weight is 360 g/mol. The van der Waals surface area contributed by atoms with Gasteiger partial charge in [0.2, 0.25) is 0 Å². The zero-order valence-electron chi connectivity index (χ0n) is 16.2. The van der Waals surface area contributed by atoms with E-state index in [9.17, 15) is 9.90 Å². The summed E-state index contributed by atoms with van der Waals surface area (Å²) >= 11 is 0. The average Bonchev–Trinajstić information content (AvgIpc) is 2.52. The van der Waals surface area contributed by atoms with Gasteiger partial charge in [0.05, 0.1) is 6.61 Å². The number of hydrogen-bond donors (Lipinski definition) is 1. The van der Waals surface area contributed by atoms with Crippen molar-refractivity contribution >= 4 is 5.78 Å². The number of ketones is 1. The van der Waals surface area contributed by atoms with Crippen molar-refractivity contribution in [2.24, 2.45) is 16.7 Å². The second-order valence-corrected chi connectivity index (χ2v) is 8.98. The van der Waals surface area contributed by atoms with Crippen molar-refractivity contribution in [3.63, 3.8) is 0 Å². The van der Waals surface area contributed by atoms with Crippen LogP contribution in [0.5, 0.6) is 17.2 Å². The molecule has 3 fully saturated rings. The van der Waals surface area contributed by atoms with E-state index >= 15 is 0 Å². The highest BCUT2D eigenvalue weighted by atomic mass is 16.5. The van der Waals surface area contributed by atoms with E-state index in [1.807, 2.05) is 6.07 Å². The minimum atomic E-state index is -0.428. The highest BCUT2D eigenvalue weighted by Gasteiger charge is 2.76. The molecule has 1 N–H and O–H groups in total. The van der Waals surface area contributed by atoms with Crippen LogP contribution in [-0.4, -0.2) is 36.8 Å². The molecule has 0 aromatic heterocycles. The lowest BCUT2D eigenvalue weighted by atomic mass is 9.31. The van der Waals surface area contributed by atoms with E-state index in [1.165, 1.54) is 0 Å². The van der Waals surface area contributed by atoms with Gasteiger partial charge in [0, 0.05) is 48.5 Å². The monoisotopic (exact) mass is 360 g/mol. The molecule has 1 unspecified atom stereocenters. The Morgan fingerprint density at radius 1 is 1.19 bits per heavy atom. The van der Waals surface area contributed by atoms with E-state index in [4.69, 9.17) is 14.2 Å². The first kappa shape index (κ1) is 17.7. The number of ether oxygens (including phenoxy) is 3. The summed E-state index contributed by atoms with van der Waals surface area (Å²) in [5.41, 5.74) is 0.0432. The molecule has 1 spiro atoms. The van der Waals surface area contributed by atoms with Crippen LogP contribution in [0.3, 0.4) is 0 Å². The number of fused-ring (bicyclic) bond motifs is 2. The molecule has 142 valence electrons. The molecule has 3 aliphatic carbocycles. The van der Waals surface area contributed by atoms with Crippen LogP contribution >= 0.6 is 0 Å². The molecule has 1 aromatic carbocycles. The van der Waals surface area contributed by atoms with Crippen molar-refractivity contribution in [1.29, 1.82) is 0 Å². The number of phenols is 1. The maximum atomic E-state index is 12.7. The van der Waals surface area contributed by atoms with Gasteiger partial charge in [-0.1, -0.05) is 13.8 Å². The van der Waals surface area contributed by atoms with Crippen molar-refractivity contribution in [2.75, 3.05) is 20.3 Å². The lowest BCUT2D eigenvalue weighted by molar-refractivity contribution is -0.252. The van der Waals surface area contributed by atoms with Crippen LogP contribution in [0.1, 0.15) is 52.0 Å². The number of carbonyl (C=O) groups excluding carboxylic acids is 1. The van der Waals surface area contributed by atoms with E-state index in [-0.39, 0.29) is 28.4 Å². The second-order valence-electron chi connectivity index (χ2n) is 8.98. The summed E-state index contributed by atoms with van der Waals surface area (Å²) in [7, 11) is 1.62. The molecule has 3 atom stereocenters. The van der Waals surface area contributed by atoms with E-state index in [1.54, 1.807) is 13.2 Å². The molecule has 1 aromatic rings. The van der Waals surface area contributed by atoms with E-state index in [2.05, 4.69) is 27.7 Å². The predicted molar refractivity (Wildman–Crippen MR) is 96.9 cm³/mol. The molecule has 0 saturated heterocycles. The van der Waals surface area contributed by atoms with Crippen molar-refractivity contribution in [3.05, 3.63) is 17.7 Å². The molecule has 5 rings (SSSR count). The minimum Gasteiger partial charge on any atom is -0.507 e. The van der Waals surface area contributed by atoms with E-state index < -0.39 is 5.60 Å². The molecule has 0 radical (unpaired) electrons. The number of methoxy groups -OCH3 is 1. The molecular formula is C21H28O5. The number of carbonyl (C=O) groups is 1. The molecule has 3 saturated carbocycles. The Morgan fingerprint density at radius 3 is 2.58 bits per heavy atom. The first-order valence-electron chi connectivity index (χ1n) is 9.36. The topological polar surface area (TPSA) is 65.0 Å². The van der Waals surface area contributed by atoms with E-state index in [0.717, 1.165) is 12.0 Å². The Hall–Kier alpha value is -1.75. The van der Waals surface area contributed by atoms with Gasteiger partial charge in [-0.05, 0) is 25.7 Å². The molecule has 1 heterocycles. The van der Waals surface area contributed by atoms with Crippen LogP contribution in [0.25, 0.3) is 0 Å². The maximum Gasteiger partial charge on any atom is 0.137 e. The number of hydrogen-bond acceptors (Lipinski definition) is 5. The van der Waals surface area contributed by atoms with Gasteiger partial charge in [-0.25, -0.2) is 0 Å². The second kappa shape index (κ2) is 5.38. The van der Waals surface area contributed by atoms with Gasteiger partial charge in [-0.3, -0.25) is 4.79 Å². The summed E-state index contributed by atoms with van der Waals surface area (Å²) in [4.78, 5) is 12.7. The lowest BCUT2D eigenvalue weighted by Gasteiger charge is -2.74. The zero-order valence-corrected chi connectivity index (χ0v) is 16.2. The number of Topliss-reactive ketones (excluding diaryl/α,β-unsaturated/α-hetero) is 1. The molecule has 5 heteroatoms. The summed E-state index contributed by atoms with van der Waals surface area (Å²) < 4.78 is 17.1. The van der Waals surface area contributed by atoms with Crippen molar-refractivity contribution < 1.29 is 24.1 Å². The fourth-order valence-corrected chi connectivity index (χ4v) is 6.15. The third-order valence-electron chi connectivity index (χ3n) is 7.37. The third-order valence-corrected chi connectivity index (χ3v) is 7.37. The molecule has 5 nitrogen and oxygen atoms in total. The predicted octanol–water partition coefficient (Wildman–Crippen LogP) is 3.68. The van der Waals surface area contributed by atoms with Crippen molar-refractivity contribution in [1.82, 2.24) is 0 Å². The number of benzene rings is 1. The molecular weight excluding hydrogens is 332 g/mol. The smallest absolute Gasteiger partial charge is 0.137 e. The molecule has 2 bridgehead atoms. The lowest BCUT2D eigenvalue weighted by Crippen LogP contribution is -2.74. The van der Waals surface area contributed by atoms with Gasteiger partial charge in [-0.15, -0.1) is 0 Å². The van der Waals surface area contributed by atoms with Gasteiger partial charge < -0.3 is 19.3 Å². The summed E-state index contributed by atoms with van der Waals surface area (Å²) in [6.45, 7) is 9.47. The van der Waals surface area contributed by atoms with Crippen LogP contribution in [-0.2, 0) is 9.53 Å².